The van der Waals surface area contributed by atoms with E-state index in [1.807, 2.05) is 48.5 Å². The van der Waals surface area contributed by atoms with Gasteiger partial charge in [0.2, 0.25) is 0 Å². The first-order chi connectivity index (χ1) is 12.6. The van der Waals surface area contributed by atoms with Crippen LogP contribution in [0.4, 0.5) is 0 Å². The Morgan fingerprint density at radius 3 is 1.54 bits per heavy atom. The maximum absolute atomic E-state index is 9.39. The van der Waals surface area contributed by atoms with Crippen molar-refractivity contribution in [3.8, 4) is 11.5 Å². The van der Waals surface area contributed by atoms with Gasteiger partial charge in [-0.3, -0.25) is 0 Å². The van der Waals surface area contributed by atoms with E-state index in [2.05, 4.69) is 0 Å². The molecule has 0 amide bonds. The molecule has 26 heavy (non-hydrogen) atoms. The lowest BCUT2D eigenvalue weighted by Crippen LogP contribution is -2.21. The van der Waals surface area contributed by atoms with Crippen molar-refractivity contribution in [2.75, 3.05) is 25.7 Å². The van der Waals surface area contributed by atoms with Crippen molar-refractivity contribution < 1.29 is 24.8 Å². The number of ether oxygens (including phenoxy) is 2. The standard InChI is InChI=1S/C20H25ClO5/c21-11-17(23)13-25-19-7-3-15(4-8-19)1-2-16-5-9-20(10-6-16)26-14-18(24)12-22/h3-10,17-18,22-24H,1-2,11-14H2/t17-,18-/m1/s1. The van der Waals surface area contributed by atoms with Crippen molar-refractivity contribution in [2.45, 2.75) is 25.0 Å². The van der Waals surface area contributed by atoms with Gasteiger partial charge in [-0.2, -0.15) is 0 Å². The largest absolute Gasteiger partial charge is 0.491 e. The van der Waals surface area contributed by atoms with E-state index < -0.39 is 12.2 Å². The van der Waals surface area contributed by atoms with Crippen LogP contribution in [0.5, 0.6) is 11.5 Å². The Labute approximate surface area is 158 Å². The molecule has 0 radical (unpaired) electrons. The van der Waals surface area contributed by atoms with Crippen LogP contribution < -0.4 is 9.47 Å². The van der Waals surface area contributed by atoms with Crippen molar-refractivity contribution in [1.82, 2.24) is 0 Å². The summed E-state index contributed by atoms with van der Waals surface area (Å²) in [6.45, 7) is -0.0476. The molecule has 0 bridgehead atoms. The molecule has 2 aromatic rings. The maximum atomic E-state index is 9.39. The van der Waals surface area contributed by atoms with Crippen molar-refractivity contribution >= 4 is 11.6 Å². The zero-order valence-corrected chi connectivity index (χ0v) is 15.3. The Hall–Kier alpha value is -1.79. The van der Waals surface area contributed by atoms with E-state index in [9.17, 15) is 10.2 Å². The molecular formula is C20H25ClO5. The topological polar surface area (TPSA) is 79.2 Å². The molecule has 0 saturated heterocycles. The van der Waals surface area contributed by atoms with Gasteiger partial charge in [-0.15, -0.1) is 11.6 Å². The number of aliphatic hydroxyl groups excluding tert-OH is 3. The van der Waals surface area contributed by atoms with Crippen molar-refractivity contribution in [1.29, 1.82) is 0 Å². The number of aryl methyl sites for hydroxylation is 2. The highest BCUT2D eigenvalue weighted by molar-refractivity contribution is 6.18. The lowest BCUT2D eigenvalue weighted by molar-refractivity contribution is 0.0536. The van der Waals surface area contributed by atoms with Crippen LogP contribution >= 0.6 is 11.6 Å². The third kappa shape index (κ3) is 7.22. The third-order valence-electron chi connectivity index (χ3n) is 3.82. The molecule has 0 saturated carbocycles. The SMILES string of the molecule is OC[C@@H](O)COc1ccc(CCc2ccc(OC[C@H](O)CCl)cc2)cc1. The summed E-state index contributed by atoms with van der Waals surface area (Å²) in [7, 11) is 0. The van der Waals surface area contributed by atoms with Gasteiger partial charge in [-0.1, -0.05) is 24.3 Å². The summed E-state index contributed by atoms with van der Waals surface area (Å²) in [4.78, 5) is 0. The van der Waals surface area contributed by atoms with E-state index in [4.69, 9.17) is 26.2 Å². The Kier molecular flexibility index (Phi) is 8.71. The van der Waals surface area contributed by atoms with Crippen LogP contribution in [-0.4, -0.2) is 53.2 Å². The van der Waals surface area contributed by atoms with E-state index in [0.29, 0.717) is 11.5 Å². The number of hydrogen-bond acceptors (Lipinski definition) is 5. The summed E-state index contributed by atoms with van der Waals surface area (Å²) in [5, 5.41) is 27.4. The molecule has 0 aliphatic heterocycles. The number of alkyl halides is 1. The molecule has 0 aliphatic rings. The first-order valence-electron chi connectivity index (χ1n) is 8.57. The van der Waals surface area contributed by atoms with Gasteiger partial charge in [0.1, 0.15) is 36.9 Å². The van der Waals surface area contributed by atoms with Crippen LogP contribution in [0.15, 0.2) is 48.5 Å². The number of rotatable bonds is 11. The third-order valence-corrected chi connectivity index (χ3v) is 4.18. The zero-order valence-electron chi connectivity index (χ0n) is 14.6. The average molecular weight is 381 g/mol. The predicted molar refractivity (Wildman–Crippen MR) is 101 cm³/mol. The first kappa shape index (κ1) is 20.5. The highest BCUT2D eigenvalue weighted by atomic mass is 35.5. The number of hydrogen-bond donors (Lipinski definition) is 3. The molecule has 0 fully saturated rings. The predicted octanol–water partition coefficient (Wildman–Crippen LogP) is 2.18. The molecular weight excluding hydrogens is 356 g/mol. The number of halogens is 1. The van der Waals surface area contributed by atoms with Crippen LogP contribution in [0.3, 0.4) is 0 Å². The Morgan fingerprint density at radius 1 is 0.731 bits per heavy atom. The number of benzene rings is 2. The molecule has 2 rings (SSSR count). The monoisotopic (exact) mass is 380 g/mol. The fourth-order valence-corrected chi connectivity index (χ4v) is 2.36. The highest BCUT2D eigenvalue weighted by Crippen LogP contribution is 2.17. The second-order valence-corrected chi connectivity index (χ2v) is 6.36. The van der Waals surface area contributed by atoms with Crippen LogP contribution in [0, 0.1) is 0 Å². The van der Waals surface area contributed by atoms with Crippen LogP contribution in [0.25, 0.3) is 0 Å². The van der Waals surface area contributed by atoms with E-state index >= 15 is 0 Å². The fourth-order valence-electron chi connectivity index (χ4n) is 2.28. The van der Waals surface area contributed by atoms with Crippen molar-refractivity contribution in [2.24, 2.45) is 0 Å². The van der Waals surface area contributed by atoms with Crippen molar-refractivity contribution in [3.63, 3.8) is 0 Å². The molecule has 0 unspecified atom stereocenters. The Morgan fingerprint density at radius 2 is 1.15 bits per heavy atom. The first-order valence-corrected chi connectivity index (χ1v) is 9.10. The second-order valence-electron chi connectivity index (χ2n) is 6.05. The van der Waals surface area contributed by atoms with Gasteiger partial charge in [0, 0.05) is 0 Å². The number of aliphatic hydroxyl groups is 3. The van der Waals surface area contributed by atoms with Gasteiger partial charge < -0.3 is 24.8 Å². The lowest BCUT2D eigenvalue weighted by atomic mass is 10.0. The van der Waals surface area contributed by atoms with E-state index in [-0.39, 0.29) is 25.7 Å². The second kappa shape index (κ2) is 11.0. The highest BCUT2D eigenvalue weighted by Gasteiger charge is 2.04. The lowest BCUT2D eigenvalue weighted by Gasteiger charge is -2.11. The van der Waals surface area contributed by atoms with E-state index in [0.717, 1.165) is 12.8 Å². The smallest absolute Gasteiger partial charge is 0.119 e. The average Bonchev–Trinajstić information content (AvgIpc) is 2.70. The molecule has 0 spiro atoms. The summed E-state index contributed by atoms with van der Waals surface area (Å²) in [6.07, 6.45) is 0.272. The molecule has 0 heterocycles. The maximum Gasteiger partial charge on any atom is 0.119 e. The van der Waals surface area contributed by atoms with Gasteiger partial charge >= 0.3 is 0 Å². The Bertz CT molecular complexity index is 572. The zero-order chi connectivity index (χ0) is 18.8. The molecule has 3 N–H and O–H groups in total. The Balaban J connectivity index is 1.77. The van der Waals surface area contributed by atoms with Crippen LogP contribution in [0.2, 0.25) is 0 Å². The minimum atomic E-state index is -0.861. The summed E-state index contributed by atoms with van der Waals surface area (Å²) in [6, 6.07) is 15.5. The van der Waals surface area contributed by atoms with Crippen LogP contribution in [-0.2, 0) is 12.8 Å². The summed E-state index contributed by atoms with van der Waals surface area (Å²) < 4.78 is 10.8. The van der Waals surface area contributed by atoms with Gasteiger partial charge in [-0.05, 0) is 48.2 Å². The summed E-state index contributed by atoms with van der Waals surface area (Å²) in [5.74, 6) is 1.54. The van der Waals surface area contributed by atoms with Gasteiger partial charge in [-0.25, -0.2) is 0 Å². The molecule has 2 aromatic carbocycles. The summed E-state index contributed by atoms with van der Waals surface area (Å²) in [5.41, 5.74) is 2.38. The minimum absolute atomic E-state index is 0.0756. The quantitative estimate of drug-likeness (QED) is 0.521. The normalized spacial score (nSPS) is 13.2. The van der Waals surface area contributed by atoms with Gasteiger partial charge in [0.15, 0.2) is 0 Å². The summed E-state index contributed by atoms with van der Waals surface area (Å²) >= 11 is 5.53. The molecule has 0 aromatic heterocycles. The minimum Gasteiger partial charge on any atom is -0.491 e. The van der Waals surface area contributed by atoms with Crippen LogP contribution in [0.1, 0.15) is 11.1 Å². The molecule has 142 valence electrons. The van der Waals surface area contributed by atoms with E-state index in [1.54, 1.807) is 0 Å². The molecule has 0 aliphatic carbocycles. The molecule has 6 heteroatoms. The molecule has 2 atom stereocenters. The van der Waals surface area contributed by atoms with Gasteiger partial charge in [0.05, 0.1) is 12.5 Å². The van der Waals surface area contributed by atoms with E-state index in [1.165, 1.54) is 11.1 Å². The fraction of sp³-hybridized carbons (Fsp3) is 0.400. The molecule has 5 nitrogen and oxygen atoms in total. The van der Waals surface area contributed by atoms with Gasteiger partial charge in [0.25, 0.3) is 0 Å². The van der Waals surface area contributed by atoms with Crippen molar-refractivity contribution in [3.05, 3.63) is 59.7 Å².